The van der Waals surface area contributed by atoms with Gasteiger partial charge in [0, 0.05) is 16.4 Å². The summed E-state index contributed by atoms with van der Waals surface area (Å²) in [6, 6.07) is 3.58. The Balaban J connectivity index is 2.62. The molecular formula is C10H7BrCl2N2. The molecule has 5 heteroatoms. The van der Waals surface area contributed by atoms with E-state index < -0.39 is 0 Å². The van der Waals surface area contributed by atoms with Crippen molar-refractivity contribution >= 4 is 39.1 Å². The molecule has 2 rings (SSSR count). The van der Waals surface area contributed by atoms with E-state index in [0.29, 0.717) is 15.9 Å². The second-order valence-corrected chi connectivity index (χ2v) is 4.89. The number of H-pyrrole nitrogens is 1. The molecule has 0 fully saturated rings. The van der Waals surface area contributed by atoms with Crippen LogP contribution in [0.5, 0.6) is 0 Å². The highest BCUT2D eigenvalue weighted by Crippen LogP contribution is 2.35. The molecule has 2 nitrogen and oxygen atoms in total. The quantitative estimate of drug-likeness (QED) is 0.828. The molecule has 15 heavy (non-hydrogen) atoms. The minimum atomic E-state index is 0.573. The summed E-state index contributed by atoms with van der Waals surface area (Å²) in [5.74, 6) is 0.690. The van der Waals surface area contributed by atoms with Gasteiger partial charge in [-0.1, -0.05) is 39.1 Å². The summed E-state index contributed by atoms with van der Waals surface area (Å²) >= 11 is 15.5. The van der Waals surface area contributed by atoms with E-state index in [4.69, 9.17) is 23.2 Å². The minimum absolute atomic E-state index is 0.573. The Labute approximate surface area is 106 Å². The molecule has 0 bridgehead atoms. The molecule has 0 saturated carbocycles. The second kappa shape index (κ2) is 4.16. The van der Waals surface area contributed by atoms with E-state index in [2.05, 4.69) is 25.9 Å². The molecule has 0 unspecified atom stereocenters. The molecule has 0 aliphatic rings. The lowest BCUT2D eigenvalue weighted by molar-refractivity contribution is 1.25. The maximum Gasteiger partial charge on any atom is 0.140 e. The van der Waals surface area contributed by atoms with Crippen LogP contribution in [-0.4, -0.2) is 9.97 Å². The van der Waals surface area contributed by atoms with Crippen LogP contribution in [-0.2, 0) is 0 Å². The van der Waals surface area contributed by atoms with E-state index in [1.165, 1.54) is 0 Å². The highest BCUT2D eigenvalue weighted by Gasteiger charge is 2.12. The number of benzene rings is 1. The topological polar surface area (TPSA) is 28.7 Å². The zero-order chi connectivity index (χ0) is 11.0. The Bertz CT molecular complexity index is 485. The van der Waals surface area contributed by atoms with Crippen molar-refractivity contribution in [2.45, 2.75) is 6.92 Å². The van der Waals surface area contributed by atoms with Gasteiger partial charge in [-0.3, -0.25) is 0 Å². The van der Waals surface area contributed by atoms with Crippen LogP contribution in [0.4, 0.5) is 0 Å². The minimum Gasteiger partial charge on any atom is -0.342 e. The van der Waals surface area contributed by atoms with Crippen LogP contribution >= 0.6 is 39.1 Å². The first-order valence-electron chi connectivity index (χ1n) is 4.24. The second-order valence-electron chi connectivity index (χ2n) is 3.16. The van der Waals surface area contributed by atoms with E-state index >= 15 is 0 Å². The molecule has 2 aromatic rings. The maximum atomic E-state index is 6.10. The molecular weight excluding hydrogens is 299 g/mol. The SMILES string of the molecule is Cc1cnc(-c2c(Cl)cc(Br)cc2Cl)[nH]1. The van der Waals surface area contributed by atoms with Gasteiger partial charge in [0.25, 0.3) is 0 Å². The molecule has 0 aliphatic carbocycles. The van der Waals surface area contributed by atoms with Crippen LogP contribution in [0.15, 0.2) is 22.8 Å². The van der Waals surface area contributed by atoms with Gasteiger partial charge >= 0.3 is 0 Å². The standard InChI is InChI=1S/C10H7BrCl2N2/c1-5-4-14-10(15-5)9-7(12)2-6(11)3-8(9)13/h2-4H,1H3,(H,14,15). The number of aryl methyl sites for hydroxylation is 1. The van der Waals surface area contributed by atoms with Crippen molar-refractivity contribution in [2.75, 3.05) is 0 Å². The van der Waals surface area contributed by atoms with Gasteiger partial charge in [0.2, 0.25) is 0 Å². The van der Waals surface area contributed by atoms with E-state index in [-0.39, 0.29) is 0 Å². The number of rotatable bonds is 1. The Kier molecular flexibility index (Phi) is 3.05. The smallest absolute Gasteiger partial charge is 0.140 e. The van der Waals surface area contributed by atoms with Crippen LogP contribution in [0.25, 0.3) is 11.4 Å². The van der Waals surface area contributed by atoms with Crippen molar-refractivity contribution in [1.29, 1.82) is 0 Å². The predicted octanol–water partition coefficient (Wildman–Crippen LogP) is 4.45. The summed E-state index contributed by atoms with van der Waals surface area (Å²) in [6.07, 6.45) is 1.74. The lowest BCUT2D eigenvalue weighted by atomic mass is 10.2. The van der Waals surface area contributed by atoms with Gasteiger partial charge in [-0.05, 0) is 19.1 Å². The molecule has 1 heterocycles. The van der Waals surface area contributed by atoms with Gasteiger partial charge in [-0.2, -0.15) is 0 Å². The third kappa shape index (κ3) is 2.19. The summed E-state index contributed by atoms with van der Waals surface area (Å²) in [6.45, 7) is 1.93. The molecule has 1 aromatic heterocycles. The zero-order valence-electron chi connectivity index (χ0n) is 7.81. The molecule has 0 saturated heterocycles. The van der Waals surface area contributed by atoms with Crippen LogP contribution in [0.2, 0.25) is 10.0 Å². The number of aromatic nitrogens is 2. The summed E-state index contributed by atoms with van der Waals surface area (Å²) in [5, 5.41) is 1.15. The maximum absolute atomic E-state index is 6.10. The third-order valence-electron chi connectivity index (χ3n) is 1.95. The van der Waals surface area contributed by atoms with E-state index in [1.54, 1.807) is 18.3 Å². The Morgan fingerprint density at radius 3 is 2.33 bits per heavy atom. The molecule has 0 radical (unpaired) electrons. The predicted molar refractivity (Wildman–Crippen MR) is 66.5 cm³/mol. The molecule has 0 amide bonds. The Morgan fingerprint density at radius 2 is 1.87 bits per heavy atom. The van der Waals surface area contributed by atoms with Crippen molar-refractivity contribution in [2.24, 2.45) is 0 Å². The van der Waals surface area contributed by atoms with Gasteiger partial charge in [0.15, 0.2) is 0 Å². The van der Waals surface area contributed by atoms with Crippen LogP contribution in [0.1, 0.15) is 5.69 Å². The fourth-order valence-corrected chi connectivity index (χ4v) is 2.70. The first-order chi connectivity index (χ1) is 7.08. The molecule has 78 valence electrons. The molecule has 1 N–H and O–H groups in total. The highest BCUT2D eigenvalue weighted by atomic mass is 79.9. The fourth-order valence-electron chi connectivity index (χ4n) is 1.31. The Morgan fingerprint density at radius 1 is 1.27 bits per heavy atom. The number of imidazole rings is 1. The summed E-state index contributed by atoms with van der Waals surface area (Å²) < 4.78 is 0.851. The Hall–Kier alpha value is -0.510. The van der Waals surface area contributed by atoms with E-state index in [1.807, 2.05) is 6.92 Å². The first-order valence-corrected chi connectivity index (χ1v) is 5.79. The number of nitrogens with one attached hydrogen (secondary N) is 1. The van der Waals surface area contributed by atoms with Crippen LogP contribution in [0, 0.1) is 6.92 Å². The third-order valence-corrected chi connectivity index (χ3v) is 3.00. The molecule has 0 spiro atoms. The summed E-state index contributed by atoms with van der Waals surface area (Å²) in [7, 11) is 0. The number of nitrogens with zero attached hydrogens (tertiary/aromatic N) is 1. The van der Waals surface area contributed by atoms with E-state index in [0.717, 1.165) is 15.7 Å². The summed E-state index contributed by atoms with van der Waals surface area (Å²) in [4.78, 5) is 7.30. The van der Waals surface area contributed by atoms with Crippen molar-refractivity contribution < 1.29 is 0 Å². The largest absolute Gasteiger partial charge is 0.342 e. The van der Waals surface area contributed by atoms with Gasteiger partial charge in [-0.25, -0.2) is 4.98 Å². The lowest BCUT2D eigenvalue weighted by Gasteiger charge is -2.04. The lowest BCUT2D eigenvalue weighted by Crippen LogP contribution is -1.85. The van der Waals surface area contributed by atoms with Crippen LogP contribution in [0.3, 0.4) is 0 Å². The molecule has 1 aromatic carbocycles. The first kappa shape index (κ1) is 11.0. The number of halogens is 3. The summed E-state index contributed by atoms with van der Waals surface area (Å²) in [5.41, 5.74) is 1.70. The van der Waals surface area contributed by atoms with Crippen LogP contribution < -0.4 is 0 Å². The van der Waals surface area contributed by atoms with Crippen molar-refractivity contribution in [3.05, 3.63) is 38.5 Å². The van der Waals surface area contributed by atoms with Crippen molar-refractivity contribution in [1.82, 2.24) is 9.97 Å². The average molecular weight is 306 g/mol. The molecule has 0 atom stereocenters. The fraction of sp³-hybridized carbons (Fsp3) is 0.100. The number of aromatic amines is 1. The zero-order valence-corrected chi connectivity index (χ0v) is 10.9. The number of hydrogen-bond donors (Lipinski definition) is 1. The van der Waals surface area contributed by atoms with E-state index in [9.17, 15) is 0 Å². The van der Waals surface area contributed by atoms with Gasteiger partial charge in [0.1, 0.15) is 5.82 Å². The van der Waals surface area contributed by atoms with Gasteiger partial charge < -0.3 is 4.98 Å². The van der Waals surface area contributed by atoms with Gasteiger partial charge in [-0.15, -0.1) is 0 Å². The number of hydrogen-bond acceptors (Lipinski definition) is 1. The molecule has 0 aliphatic heterocycles. The normalized spacial score (nSPS) is 10.7. The van der Waals surface area contributed by atoms with Crippen molar-refractivity contribution in [3.8, 4) is 11.4 Å². The average Bonchev–Trinajstić information content (AvgIpc) is 2.49. The monoisotopic (exact) mass is 304 g/mol. The van der Waals surface area contributed by atoms with Crippen molar-refractivity contribution in [3.63, 3.8) is 0 Å². The van der Waals surface area contributed by atoms with Gasteiger partial charge in [0.05, 0.1) is 15.6 Å². The highest BCUT2D eigenvalue weighted by molar-refractivity contribution is 9.10.